The van der Waals surface area contributed by atoms with Crippen LogP contribution in [0.25, 0.3) is 11.1 Å². The van der Waals surface area contributed by atoms with Crippen LogP contribution in [0, 0.1) is 0 Å². The number of hydrogen-bond donors (Lipinski definition) is 0. The Bertz CT molecular complexity index is 1170. The van der Waals surface area contributed by atoms with Gasteiger partial charge in [-0.15, -0.1) is 0 Å². The molecule has 0 aliphatic rings. The topological polar surface area (TPSA) is 9.23 Å². The quantitative estimate of drug-likeness (QED) is 0.283. The predicted molar refractivity (Wildman–Crippen MR) is 139 cm³/mol. The van der Waals surface area contributed by atoms with Crippen molar-refractivity contribution in [1.82, 2.24) is 0 Å². The molecule has 0 radical (unpaired) electrons. The third kappa shape index (κ3) is 3.84. The third-order valence-corrected chi connectivity index (χ3v) is 9.74. The third-order valence-electron chi connectivity index (χ3n) is 5.78. The van der Waals surface area contributed by atoms with E-state index in [0.29, 0.717) is 0 Å². The number of para-hydroxylation sites is 1. The Morgan fingerprint density at radius 3 is 1.22 bits per heavy atom. The van der Waals surface area contributed by atoms with Gasteiger partial charge in [0.05, 0.1) is 0 Å². The van der Waals surface area contributed by atoms with Crippen molar-refractivity contribution in [1.29, 1.82) is 0 Å². The van der Waals surface area contributed by atoms with E-state index in [1.807, 2.05) is 6.07 Å². The van der Waals surface area contributed by atoms with Gasteiger partial charge in [0.1, 0.15) is 0 Å². The summed E-state index contributed by atoms with van der Waals surface area (Å²) in [5, 5.41) is 3.67. The van der Waals surface area contributed by atoms with Gasteiger partial charge in [-0.3, -0.25) is 0 Å². The first-order chi connectivity index (χ1) is 15.9. The number of hydrogen-bond acceptors (Lipinski definition) is 1. The van der Waals surface area contributed by atoms with Gasteiger partial charge in [-0.25, -0.2) is 0 Å². The molecule has 0 amide bonds. The molecule has 0 fully saturated rings. The van der Waals surface area contributed by atoms with Gasteiger partial charge in [0.15, 0.2) is 0 Å². The zero-order chi connectivity index (χ0) is 21.6. The van der Waals surface area contributed by atoms with E-state index >= 15 is 0 Å². The van der Waals surface area contributed by atoms with E-state index < -0.39 is 7.49 Å². The Balaban J connectivity index is 1.78. The molecular weight excluding hydrogens is 407 g/mol. The van der Waals surface area contributed by atoms with Crippen LogP contribution in [0.15, 0.2) is 146 Å². The summed E-state index contributed by atoms with van der Waals surface area (Å²) < 4.78 is 7.28. The molecule has 0 aliphatic heterocycles. The van der Waals surface area contributed by atoms with Gasteiger partial charge < -0.3 is 0 Å². The first kappa shape index (κ1) is 20.2. The molecule has 5 aromatic rings. The first-order valence-electron chi connectivity index (χ1n) is 10.9. The van der Waals surface area contributed by atoms with Crippen LogP contribution in [0.4, 0.5) is 0 Å². The summed E-state index contributed by atoms with van der Waals surface area (Å²) in [6.07, 6.45) is 0. The number of rotatable bonds is 6. The molecule has 5 rings (SSSR count). The van der Waals surface area contributed by atoms with Crippen molar-refractivity contribution in [3.63, 3.8) is 0 Å². The molecule has 0 spiro atoms. The van der Waals surface area contributed by atoms with Crippen molar-refractivity contribution in [3.05, 3.63) is 146 Å². The van der Waals surface area contributed by atoms with Crippen molar-refractivity contribution in [2.24, 2.45) is 0 Å². The molecule has 0 aromatic heterocycles. The molecule has 5 aromatic carbocycles. The fourth-order valence-corrected chi connectivity index (χ4v) is 8.12. The molecular formula is C30H25OP. The first-order valence-corrected chi connectivity index (χ1v) is 12.8. The van der Waals surface area contributed by atoms with Crippen LogP contribution in [-0.4, -0.2) is 0 Å². The van der Waals surface area contributed by atoms with Crippen molar-refractivity contribution in [3.8, 4) is 16.9 Å². The van der Waals surface area contributed by atoms with Crippen molar-refractivity contribution >= 4 is 23.4 Å². The van der Waals surface area contributed by atoms with Crippen LogP contribution in [0.3, 0.4) is 0 Å². The fraction of sp³-hybridized carbons (Fsp3) is 0. The maximum absolute atomic E-state index is 7.28. The zero-order valence-electron chi connectivity index (χ0n) is 17.8. The van der Waals surface area contributed by atoms with E-state index in [-0.39, 0.29) is 0 Å². The Labute approximate surface area is 190 Å². The van der Waals surface area contributed by atoms with Crippen molar-refractivity contribution in [2.75, 3.05) is 0 Å². The Kier molecular flexibility index (Phi) is 5.83. The molecule has 0 bridgehead atoms. The van der Waals surface area contributed by atoms with Crippen LogP contribution in [0.5, 0.6) is 5.75 Å². The molecule has 0 aliphatic carbocycles. The molecule has 156 valence electrons. The molecule has 0 unspecified atom stereocenters. The van der Waals surface area contributed by atoms with Gasteiger partial charge in [0.2, 0.25) is 0 Å². The maximum atomic E-state index is 7.28. The van der Waals surface area contributed by atoms with E-state index in [0.717, 1.165) is 16.9 Å². The number of benzene rings is 5. The van der Waals surface area contributed by atoms with Gasteiger partial charge in [-0.1, -0.05) is 0 Å². The Morgan fingerprint density at radius 1 is 0.375 bits per heavy atom. The summed E-state index contributed by atoms with van der Waals surface area (Å²) in [5.41, 5.74) is 2.26. The van der Waals surface area contributed by atoms with E-state index in [9.17, 15) is 0 Å². The van der Waals surface area contributed by atoms with Crippen molar-refractivity contribution in [2.45, 2.75) is 0 Å². The second-order valence-corrected chi connectivity index (χ2v) is 11.0. The van der Waals surface area contributed by atoms with Gasteiger partial charge in [0.25, 0.3) is 0 Å². The fourth-order valence-electron chi connectivity index (χ4n) is 4.27. The van der Waals surface area contributed by atoms with Crippen LogP contribution in [0.1, 0.15) is 0 Å². The minimum atomic E-state index is -2.83. The summed E-state index contributed by atoms with van der Waals surface area (Å²) in [6.45, 7) is 0. The van der Waals surface area contributed by atoms with Gasteiger partial charge >= 0.3 is 190 Å². The second kappa shape index (κ2) is 9.22. The van der Waals surface area contributed by atoms with Gasteiger partial charge in [0, 0.05) is 0 Å². The molecule has 0 heterocycles. The molecule has 32 heavy (non-hydrogen) atoms. The molecule has 1 nitrogen and oxygen atoms in total. The monoisotopic (exact) mass is 432 g/mol. The average Bonchev–Trinajstić information content (AvgIpc) is 2.89. The zero-order valence-corrected chi connectivity index (χ0v) is 18.8. The van der Waals surface area contributed by atoms with Crippen LogP contribution >= 0.6 is 7.49 Å². The molecule has 0 saturated carbocycles. The van der Waals surface area contributed by atoms with Crippen molar-refractivity contribution < 1.29 is 4.52 Å². The normalized spacial score (nSPS) is 11.6. The summed E-state index contributed by atoms with van der Waals surface area (Å²) >= 11 is 0. The van der Waals surface area contributed by atoms with E-state index in [1.54, 1.807) is 0 Å². The SMILES string of the molecule is c1ccc(-c2ccccc2O[PH](c2ccccc2)(c2ccccc2)c2ccccc2)cc1. The summed E-state index contributed by atoms with van der Waals surface area (Å²) in [6, 6.07) is 50.9. The van der Waals surface area contributed by atoms with E-state index in [2.05, 4.69) is 140 Å². The molecule has 0 N–H and O–H groups in total. The van der Waals surface area contributed by atoms with E-state index in [1.165, 1.54) is 15.9 Å². The molecule has 0 atom stereocenters. The summed E-state index contributed by atoms with van der Waals surface area (Å²) in [4.78, 5) is 0. The Morgan fingerprint density at radius 2 is 0.750 bits per heavy atom. The van der Waals surface area contributed by atoms with Crippen LogP contribution in [-0.2, 0) is 0 Å². The Hall–Kier alpha value is -3.67. The second-order valence-electron chi connectivity index (χ2n) is 7.74. The summed E-state index contributed by atoms with van der Waals surface area (Å²) in [7, 11) is -2.83. The molecule has 0 saturated heterocycles. The minimum absolute atomic E-state index is 0.905. The predicted octanol–water partition coefficient (Wildman–Crippen LogP) is 6.37. The van der Waals surface area contributed by atoms with Crippen LogP contribution < -0.4 is 20.4 Å². The summed E-state index contributed by atoms with van der Waals surface area (Å²) in [5.74, 6) is 0.905. The van der Waals surface area contributed by atoms with Gasteiger partial charge in [-0.05, 0) is 0 Å². The standard InChI is InChI=1S/C30H25OP/c1-5-15-25(16-6-1)29-23-13-14-24-30(29)31-32(26-17-7-2-8-18-26,27-19-9-3-10-20-27)28-21-11-4-12-22-28/h1-24,32H. The van der Waals surface area contributed by atoms with Crippen LogP contribution in [0.2, 0.25) is 0 Å². The van der Waals surface area contributed by atoms with Gasteiger partial charge in [-0.2, -0.15) is 0 Å². The molecule has 2 heteroatoms. The van der Waals surface area contributed by atoms with E-state index in [4.69, 9.17) is 4.52 Å². The average molecular weight is 433 g/mol.